The van der Waals surface area contributed by atoms with E-state index < -0.39 is 0 Å². The van der Waals surface area contributed by atoms with Gasteiger partial charge in [-0.2, -0.15) is 5.10 Å². The van der Waals surface area contributed by atoms with Crippen molar-refractivity contribution >= 4 is 11.7 Å². The second-order valence-corrected chi connectivity index (χ2v) is 8.86. The summed E-state index contributed by atoms with van der Waals surface area (Å²) >= 11 is 0. The van der Waals surface area contributed by atoms with Crippen LogP contribution in [0.2, 0.25) is 0 Å². The van der Waals surface area contributed by atoms with Gasteiger partial charge in [-0.15, -0.1) is 0 Å². The van der Waals surface area contributed by atoms with E-state index in [9.17, 15) is 4.79 Å². The summed E-state index contributed by atoms with van der Waals surface area (Å²) in [6.07, 6.45) is 10.5. The van der Waals surface area contributed by atoms with E-state index in [0.717, 1.165) is 62.4 Å². The van der Waals surface area contributed by atoms with Gasteiger partial charge in [0, 0.05) is 69.3 Å². The van der Waals surface area contributed by atoms with Crippen molar-refractivity contribution in [3.63, 3.8) is 0 Å². The van der Waals surface area contributed by atoms with Crippen LogP contribution in [-0.4, -0.2) is 74.3 Å². The lowest BCUT2D eigenvalue weighted by atomic mass is 9.87. The van der Waals surface area contributed by atoms with E-state index in [1.54, 1.807) is 12.4 Å². The minimum absolute atomic E-state index is 0.0455. The van der Waals surface area contributed by atoms with Gasteiger partial charge >= 0.3 is 6.03 Å². The van der Waals surface area contributed by atoms with Crippen LogP contribution in [0.3, 0.4) is 0 Å². The fourth-order valence-corrected chi connectivity index (χ4v) is 4.97. The van der Waals surface area contributed by atoms with Gasteiger partial charge < -0.3 is 20.2 Å². The van der Waals surface area contributed by atoms with Crippen molar-refractivity contribution in [3.05, 3.63) is 48.3 Å². The number of imidazole rings is 1. The van der Waals surface area contributed by atoms with Crippen LogP contribution >= 0.6 is 0 Å². The maximum absolute atomic E-state index is 13.1. The van der Waals surface area contributed by atoms with Crippen LogP contribution in [0.1, 0.15) is 30.5 Å². The molecule has 3 aliphatic heterocycles. The first kappa shape index (κ1) is 20.0. The molecule has 164 valence electrons. The molecule has 31 heavy (non-hydrogen) atoms. The molecule has 5 rings (SSSR count). The Morgan fingerprint density at radius 3 is 2.90 bits per heavy atom. The maximum atomic E-state index is 13.1. The van der Waals surface area contributed by atoms with E-state index in [1.807, 2.05) is 35.0 Å². The number of carbonyl (C=O) groups excluding carboxylic acids is 1. The second kappa shape index (κ2) is 8.66. The molecule has 3 aliphatic rings. The van der Waals surface area contributed by atoms with E-state index in [-0.39, 0.29) is 18.0 Å². The fraction of sp³-hybridized carbons (Fsp3) is 0.545. The van der Waals surface area contributed by atoms with Crippen LogP contribution < -0.4 is 10.7 Å². The number of hydrazone groups is 1. The molecule has 0 aromatic carbocycles. The molecule has 9 heteroatoms. The smallest absolute Gasteiger partial charge is 0.317 e. The van der Waals surface area contributed by atoms with Crippen molar-refractivity contribution in [1.29, 1.82) is 0 Å². The van der Waals surface area contributed by atoms with Crippen LogP contribution in [0, 0.1) is 5.92 Å². The Hall–Kier alpha value is -2.94. The molecule has 2 N–H and O–H groups in total. The van der Waals surface area contributed by atoms with Gasteiger partial charge in [0.05, 0.1) is 23.8 Å². The van der Waals surface area contributed by atoms with Crippen LogP contribution in [0.25, 0.3) is 0 Å². The number of carbonyl (C=O) groups is 1. The molecule has 2 aromatic heterocycles. The number of urea groups is 1. The number of likely N-dealkylation sites (tertiary alicyclic amines) is 2. The van der Waals surface area contributed by atoms with E-state index in [1.165, 1.54) is 0 Å². The van der Waals surface area contributed by atoms with Crippen molar-refractivity contribution < 1.29 is 4.79 Å². The number of nitrogens with zero attached hydrogens (tertiary/aromatic N) is 6. The summed E-state index contributed by atoms with van der Waals surface area (Å²) in [4.78, 5) is 26.0. The van der Waals surface area contributed by atoms with Gasteiger partial charge in [0.1, 0.15) is 0 Å². The molecule has 0 spiro atoms. The number of hydrogen-bond acceptors (Lipinski definition) is 6. The standard InChI is InChI=1S/C22H30N8O/c1-28-11-18(24-15-28)13-29-9-2-3-17(12-29)25-22(31)30-10-6-20-19(14-30)21(27-26-20)16-4-7-23-8-5-16/h4-5,7-8,11,15,17,19-20,26H,2-3,6,9-10,12-14H2,1H3,(H,25,31). The normalized spacial score (nSPS) is 26.2. The summed E-state index contributed by atoms with van der Waals surface area (Å²) in [5.74, 6) is 0.217. The van der Waals surface area contributed by atoms with Gasteiger partial charge in [-0.3, -0.25) is 9.88 Å². The summed E-state index contributed by atoms with van der Waals surface area (Å²) < 4.78 is 1.98. The Labute approximate surface area is 182 Å². The predicted octanol–water partition coefficient (Wildman–Crippen LogP) is 1.19. The summed E-state index contributed by atoms with van der Waals surface area (Å²) in [6, 6.07) is 4.50. The number of fused-ring (bicyclic) bond motifs is 1. The lowest BCUT2D eigenvalue weighted by Gasteiger charge is -2.37. The molecule has 3 atom stereocenters. The average Bonchev–Trinajstić information content (AvgIpc) is 3.40. The van der Waals surface area contributed by atoms with Crippen molar-refractivity contribution in [2.45, 2.75) is 37.9 Å². The lowest BCUT2D eigenvalue weighted by Crippen LogP contribution is -2.56. The summed E-state index contributed by atoms with van der Waals surface area (Å²) in [7, 11) is 1.99. The predicted molar refractivity (Wildman–Crippen MR) is 117 cm³/mol. The number of rotatable bonds is 4. The average molecular weight is 423 g/mol. The van der Waals surface area contributed by atoms with Gasteiger partial charge in [0.25, 0.3) is 0 Å². The van der Waals surface area contributed by atoms with Gasteiger partial charge in [0.15, 0.2) is 0 Å². The van der Waals surface area contributed by atoms with Crippen molar-refractivity contribution in [1.82, 2.24) is 35.1 Å². The molecule has 2 amide bonds. The van der Waals surface area contributed by atoms with Crippen LogP contribution in [0.4, 0.5) is 4.79 Å². The molecule has 9 nitrogen and oxygen atoms in total. The molecule has 2 aromatic rings. The quantitative estimate of drug-likeness (QED) is 0.772. The zero-order chi connectivity index (χ0) is 21.2. The first-order chi connectivity index (χ1) is 15.2. The first-order valence-electron chi connectivity index (χ1n) is 11.1. The monoisotopic (exact) mass is 422 g/mol. The number of pyridine rings is 1. The summed E-state index contributed by atoms with van der Waals surface area (Å²) in [6.45, 7) is 4.19. The Morgan fingerprint density at radius 1 is 1.23 bits per heavy atom. The highest BCUT2D eigenvalue weighted by atomic mass is 16.2. The number of aromatic nitrogens is 3. The fourth-order valence-electron chi connectivity index (χ4n) is 4.97. The third kappa shape index (κ3) is 4.41. The highest BCUT2D eigenvalue weighted by Gasteiger charge is 2.39. The molecule has 0 bridgehead atoms. The maximum Gasteiger partial charge on any atom is 0.317 e. The highest BCUT2D eigenvalue weighted by Crippen LogP contribution is 2.26. The van der Waals surface area contributed by atoms with Crippen molar-refractivity contribution in [2.75, 3.05) is 26.2 Å². The molecular weight excluding hydrogens is 392 g/mol. The largest absolute Gasteiger partial charge is 0.340 e. The molecule has 3 unspecified atom stereocenters. The zero-order valence-corrected chi connectivity index (χ0v) is 17.9. The molecule has 0 saturated carbocycles. The molecule has 2 saturated heterocycles. The first-order valence-corrected chi connectivity index (χ1v) is 11.1. The SMILES string of the molecule is Cn1cnc(CN2CCCC(NC(=O)N3CCC4NN=C(c5ccncc5)C4C3)C2)c1. The van der Waals surface area contributed by atoms with E-state index in [4.69, 9.17) is 0 Å². The zero-order valence-electron chi connectivity index (χ0n) is 17.9. The van der Waals surface area contributed by atoms with Gasteiger partial charge in [0.2, 0.25) is 0 Å². The second-order valence-electron chi connectivity index (χ2n) is 8.86. The van der Waals surface area contributed by atoms with E-state index >= 15 is 0 Å². The third-order valence-electron chi connectivity index (χ3n) is 6.56. The van der Waals surface area contributed by atoms with Crippen LogP contribution in [0.15, 0.2) is 42.2 Å². The Balaban J connectivity index is 1.17. The molecule has 5 heterocycles. The van der Waals surface area contributed by atoms with Crippen molar-refractivity contribution in [3.8, 4) is 0 Å². The minimum atomic E-state index is 0.0455. The molecule has 2 fully saturated rings. The number of amides is 2. The number of nitrogens with one attached hydrogen (secondary N) is 2. The Kier molecular flexibility index (Phi) is 5.59. The summed E-state index contributed by atoms with van der Waals surface area (Å²) in [5, 5.41) is 7.87. The lowest BCUT2D eigenvalue weighted by molar-refractivity contribution is 0.147. The Bertz CT molecular complexity index is 942. The van der Waals surface area contributed by atoms with Gasteiger partial charge in [-0.1, -0.05) is 0 Å². The molecule has 0 aliphatic carbocycles. The van der Waals surface area contributed by atoms with Gasteiger partial charge in [-0.05, 0) is 37.9 Å². The van der Waals surface area contributed by atoms with Crippen molar-refractivity contribution in [2.24, 2.45) is 18.1 Å². The topological polar surface area (TPSA) is 90.7 Å². The van der Waals surface area contributed by atoms with E-state index in [2.05, 4.69) is 36.9 Å². The van der Waals surface area contributed by atoms with Gasteiger partial charge in [-0.25, -0.2) is 9.78 Å². The van der Waals surface area contributed by atoms with Crippen LogP contribution in [0.5, 0.6) is 0 Å². The highest BCUT2D eigenvalue weighted by molar-refractivity contribution is 6.03. The number of hydrogen-bond donors (Lipinski definition) is 2. The third-order valence-corrected chi connectivity index (χ3v) is 6.56. The summed E-state index contributed by atoms with van der Waals surface area (Å²) in [5.41, 5.74) is 6.46. The van der Waals surface area contributed by atoms with E-state index in [0.29, 0.717) is 12.6 Å². The number of piperidine rings is 2. The molecule has 0 radical (unpaired) electrons. The number of aryl methyl sites for hydroxylation is 1. The Morgan fingerprint density at radius 2 is 2.10 bits per heavy atom. The van der Waals surface area contributed by atoms with Crippen LogP contribution in [-0.2, 0) is 13.6 Å². The molecular formula is C22H30N8O. The minimum Gasteiger partial charge on any atom is -0.340 e.